The van der Waals surface area contributed by atoms with Crippen molar-refractivity contribution in [3.63, 3.8) is 0 Å². The Labute approximate surface area is 176 Å². The van der Waals surface area contributed by atoms with E-state index in [1.54, 1.807) is 32.0 Å². The van der Waals surface area contributed by atoms with Gasteiger partial charge in [-0.3, -0.25) is 19.7 Å². The van der Waals surface area contributed by atoms with E-state index < -0.39 is 22.7 Å². The number of rotatable bonds is 6. The van der Waals surface area contributed by atoms with Crippen molar-refractivity contribution in [2.75, 3.05) is 10.2 Å². The van der Waals surface area contributed by atoms with Crippen molar-refractivity contribution in [3.05, 3.63) is 74.9 Å². The monoisotopic (exact) mass is 429 g/mol. The van der Waals surface area contributed by atoms with E-state index in [0.717, 1.165) is 11.0 Å². The second-order valence-electron chi connectivity index (χ2n) is 6.57. The van der Waals surface area contributed by atoms with Gasteiger partial charge in [0.15, 0.2) is 0 Å². The Balaban J connectivity index is 1.87. The van der Waals surface area contributed by atoms with Crippen LogP contribution < -0.4 is 10.2 Å². The summed E-state index contributed by atoms with van der Waals surface area (Å²) in [4.78, 5) is 48.5. The maximum atomic E-state index is 12.8. The largest absolute Gasteiger partial charge is 0.459 e. The zero-order valence-corrected chi connectivity index (χ0v) is 16.7. The number of benzene rings is 2. The molecule has 30 heavy (non-hydrogen) atoms. The van der Waals surface area contributed by atoms with Crippen molar-refractivity contribution in [2.45, 2.75) is 20.0 Å². The van der Waals surface area contributed by atoms with Crippen LogP contribution in [-0.4, -0.2) is 28.8 Å². The van der Waals surface area contributed by atoms with Gasteiger partial charge in [0.1, 0.15) is 10.7 Å². The summed E-state index contributed by atoms with van der Waals surface area (Å²) in [6, 6.07) is 11.2. The number of esters is 1. The number of carbonyl (C=O) groups is 3. The normalized spacial score (nSPS) is 13.8. The number of ether oxygens (including phenoxy) is 1. The predicted molar refractivity (Wildman–Crippen MR) is 109 cm³/mol. The van der Waals surface area contributed by atoms with Gasteiger partial charge in [0.2, 0.25) is 0 Å². The molecule has 3 rings (SSSR count). The van der Waals surface area contributed by atoms with Gasteiger partial charge in [-0.1, -0.05) is 23.7 Å². The fourth-order valence-electron chi connectivity index (χ4n) is 2.74. The van der Waals surface area contributed by atoms with Gasteiger partial charge in [-0.2, -0.15) is 0 Å². The lowest BCUT2D eigenvalue weighted by atomic mass is 10.2. The number of nitro groups is 1. The Morgan fingerprint density at radius 2 is 1.83 bits per heavy atom. The van der Waals surface area contributed by atoms with Gasteiger partial charge >= 0.3 is 5.97 Å². The number of nitrogens with one attached hydrogen (secondary N) is 1. The van der Waals surface area contributed by atoms with E-state index in [-0.39, 0.29) is 33.8 Å². The molecule has 0 bridgehead atoms. The van der Waals surface area contributed by atoms with E-state index in [0.29, 0.717) is 5.69 Å². The minimum atomic E-state index is -0.819. The van der Waals surface area contributed by atoms with Crippen LogP contribution in [0, 0.1) is 10.1 Å². The van der Waals surface area contributed by atoms with Crippen LogP contribution in [0.1, 0.15) is 24.2 Å². The molecule has 154 valence electrons. The first-order valence-corrected chi connectivity index (χ1v) is 9.18. The van der Waals surface area contributed by atoms with E-state index in [1.165, 1.54) is 24.3 Å². The molecule has 10 heteroatoms. The zero-order chi connectivity index (χ0) is 22.0. The Morgan fingerprint density at radius 1 is 1.13 bits per heavy atom. The Morgan fingerprint density at radius 3 is 2.50 bits per heavy atom. The molecule has 0 fully saturated rings. The van der Waals surface area contributed by atoms with Crippen LogP contribution in [0.5, 0.6) is 0 Å². The van der Waals surface area contributed by atoms with Crippen molar-refractivity contribution in [1.82, 2.24) is 0 Å². The summed E-state index contributed by atoms with van der Waals surface area (Å²) in [5.41, 5.74) is 0.120. The first kappa shape index (κ1) is 21.0. The molecule has 2 aromatic carbocycles. The standard InChI is InChI=1S/C20H16ClN3O6/c1-11(2)30-20(27)12-5-3-6-13(9-12)22-17-16(21)18(25)23(19(17)26)14-7-4-8-15(10-14)24(28)29/h3-11,22H,1-2H3. The molecule has 2 amide bonds. The van der Waals surface area contributed by atoms with Gasteiger partial charge in [0, 0.05) is 17.8 Å². The van der Waals surface area contributed by atoms with Gasteiger partial charge in [-0.25, -0.2) is 9.69 Å². The fraction of sp³-hybridized carbons (Fsp3) is 0.150. The molecule has 0 aliphatic carbocycles. The highest BCUT2D eigenvalue weighted by Crippen LogP contribution is 2.31. The maximum Gasteiger partial charge on any atom is 0.338 e. The van der Waals surface area contributed by atoms with Crippen LogP contribution in [0.3, 0.4) is 0 Å². The molecule has 0 aromatic heterocycles. The first-order chi connectivity index (χ1) is 14.2. The van der Waals surface area contributed by atoms with Crippen LogP contribution in [0.2, 0.25) is 0 Å². The second-order valence-corrected chi connectivity index (χ2v) is 6.95. The SMILES string of the molecule is CC(C)OC(=O)c1cccc(NC2=C(Cl)C(=O)N(c3cccc([N+](=O)[O-])c3)C2=O)c1. The fourth-order valence-corrected chi connectivity index (χ4v) is 2.95. The molecular weight excluding hydrogens is 414 g/mol. The maximum absolute atomic E-state index is 12.8. The van der Waals surface area contributed by atoms with Crippen LogP contribution >= 0.6 is 11.6 Å². The molecule has 0 spiro atoms. The minimum Gasteiger partial charge on any atom is -0.459 e. The lowest BCUT2D eigenvalue weighted by Gasteiger charge is -2.15. The lowest BCUT2D eigenvalue weighted by Crippen LogP contribution is -2.32. The molecule has 1 heterocycles. The highest BCUT2D eigenvalue weighted by atomic mass is 35.5. The van der Waals surface area contributed by atoms with E-state index in [9.17, 15) is 24.5 Å². The molecule has 1 aliphatic rings. The number of carbonyl (C=O) groups excluding carboxylic acids is 3. The summed E-state index contributed by atoms with van der Waals surface area (Å²) in [5, 5.41) is 13.4. The summed E-state index contributed by atoms with van der Waals surface area (Å²) in [7, 11) is 0. The Kier molecular flexibility index (Phi) is 5.84. The van der Waals surface area contributed by atoms with Gasteiger partial charge < -0.3 is 10.1 Å². The van der Waals surface area contributed by atoms with Crippen LogP contribution in [-0.2, 0) is 14.3 Å². The number of halogens is 1. The molecule has 0 saturated heterocycles. The number of anilines is 2. The topological polar surface area (TPSA) is 119 Å². The summed E-state index contributed by atoms with van der Waals surface area (Å²) < 4.78 is 5.14. The molecule has 0 saturated carbocycles. The number of nitro benzene ring substituents is 1. The molecule has 1 N–H and O–H groups in total. The number of amides is 2. The summed E-state index contributed by atoms with van der Waals surface area (Å²) in [6.07, 6.45) is -0.302. The van der Waals surface area contributed by atoms with Gasteiger partial charge in [-0.05, 0) is 38.1 Å². The van der Waals surface area contributed by atoms with Gasteiger partial charge in [0.25, 0.3) is 17.5 Å². The predicted octanol–water partition coefficient (Wildman–Crippen LogP) is 3.60. The number of nitrogens with zero attached hydrogens (tertiary/aromatic N) is 2. The van der Waals surface area contributed by atoms with Crippen LogP contribution in [0.25, 0.3) is 0 Å². The van der Waals surface area contributed by atoms with E-state index >= 15 is 0 Å². The van der Waals surface area contributed by atoms with Crippen molar-refractivity contribution in [1.29, 1.82) is 0 Å². The highest BCUT2D eigenvalue weighted by Gasteiger charge is 2.39. The zero-order valence-electron chi connectivity index (χ0n) is 15.9. The third-order valence-corrected chi connectivity index (χ3v) is 4.39. The average Bonchev–Trinajstić information content (AvgIpc) is 2.91. The number of imide groups is 1. The quantitative estimate of drug-likeness (QED) is 0.322. The lowest BCUT2D eigenvalue weighted by molar-refractivity contribution is -0.384. The average molecular weight is 430 g/mol. The molecule has 0 atom stereocenters. The van der Waals surface area contributed by atoms with E-state index in [1.807, 2.05) is 0 Å². The summed E-state index contributed by atoms with van der Waals surface area (Å²) in [6.45, 7) is 3.44. The van der Waals surface area contributed by atoms with Crippen molar-refractivity contribution in [2.24, 2.45) is 0 Å². The highest BCUT2D eigenvalue weighted by molar-refractivity contribution is 6.53. The third-order valence-electron chi connectivity index (χ3n) is 4.04. The van der Waals surface area contributed by atoms with Crippen LogP contribution in [0.15, 0.2) is 59.3 Å². The molecular formula is C20H16ClN3O6. The summed E-state index contributed by atoms with van der Waals surface area (Å²) >= 11 is 6.07. The van der Waals surface area contributed by atoms with E-state index in [2.05, 4.69) is 5.32 Å². The van der Waals surface area contributed by atoms with Crippen molar-refractivity contribution < 1.29 is 24.0 Å². The molecule has 2 aromatic rings. The van der Waals surface area contributed by atoms with Gasteiger partial charge in [-0.15, -0.1) is 0 Å². The summed E-state index contributed by atoms with van der Waals surface area (Å²) in [5.74, 6) is -2.14. The number of hydrogen-bond acceptors (Lipinski definition) is 7. The smallest absolute Gasteiger partial charge is 0.338 e. The molecule has 0 unspecified atom stereocenters. The number of hydrogen-bond donors (Lipinski definition) is 1. The third kappa shape index (κ3) is 4.15. The van der Waals surface area contributed by atoms with Crippen LogP contribution in [0.4, 0.5) is 17.1 Å². The minimum absolute atomic E-state index is 0.0170. The van der Waals surface area contributed by atoms with E-state index in [4.69, 9.17) is 16.3 Å². The van der Waals surface area contributed by atoms with Crippen molar-refractivity contribution in [3.8, 4) is 0 Å². The molecule has 0 radical (unpaired) electrons. The number of non-ortho nitro benzene ring substituents is 1. The first-order valence-electron chi connectivity index (χ1n) is 8.80. The van der Waals surface area contributed by atoms with Gasteiger partial charge in [0.05, 0.1) is 22.3 Å². The second kappa shape index (κ2) is 8.34. The molecule has 1 aliphatic heterocycles. The Hall–Kier alpha value is -3.72. The Bertz CT molecular complexity index is 1100. The molecule has 9 nitrogen and oxygen atoms in total. The van der Waals surface area contributed by atoms with Crippen molar-refractivity contribution >= 4 is 46.4 Å².